The summed E-state index contributed by atoms with van der Waals surface area (Å²) in [4.78, 5) is 17.2. The zero-order chi connectivity index (χ0) is 21.7. The van der Waals surface area contributed by atoms with Crippen LogP contribution in [0, 0.1) is 0 Å². The molecule has 2 aromatic rings. The highest BCUT2D eigenvalue weighted by molar-refractivity contribution is 6.31. The number of aliphatic hydroxyl groups is 1. The van der Waals surface area contributed by atoms with Gasteiger partial charge in [-0.1, -0.05) is 41.9 Å². The number of β-amino-alcohol motifs (C(OH)–C–C–N with tert-alkyl or cyclic N) is 1. The Hall–Kier alpha value is -2.13. The summed E-state index contributed by atoms with van der Waals surface area (Å²) in [5.74, 6) is -0.410. The van der Waals surface area contributed by atoms with Crippen LogP contribution in [0.3, 0.4) is 0 Å². The molecule has 1 atom stereocenters. The van der Waals surface area contributed by atoms with Crippen molar-refractivity contribution in [3.63, 3.8) is 0 Å². The Morgan fingerprint density at radius 1 is 1.10 bits per heavy atom. The zero-order valence-corrected chi connectivity index (χ0v) is 17.0. The number of anilines is 1. The number of amides is 1. The quantitative estimate of drug-likeness (QED) is 0.718. The van der Waals surface area contributed by atoms with E-state index in [9.17, 15) is 18.0 Å². The SMILES string of the molecule is O=C(Nc1ccc(Cl)c(C(F)(F)F)c1)C(c1ccccc1)N1CCN(CCO)CC1. The molecule has 2 N–H and O–H groups in total. The van der Waals surface area contributed by atoms with Crippen LogP contribution in [0.15, 0.2) is 48.5 Å². The van der Waals surface area contributed by atoms with E-state index >= 15 is 0 Å². The number of rotatable bonds is 6. The average molecular weight is 442 g/mol. The molecule has 1 saturated heterocycles. The molecule has 1 aliphatic heterocycles. The second-order valence-electron chi connectivity index (χ2n) is 7.10. The number of hydrogen-bond acceptors (Lipinski definition) is 4. The van der Waals surface area contributed by atoms with Crippen LogP contribution in [-0.4, -0.2) is 60.1 Å². The van der Waals surface area contributed by atoms with Crippen LogP contribution < -0.4 is 5.32 Å². The van der Waals surface area contributed by atoms with Gasteiger partial charge in [-0.2, -0.15) is 13.2 Å². The topological polar surface area (TPSA) is 55.8 Å². The first kappa shape index (κ1) is 22.6. The lowest BCUT2D eigenvalue weighted by atomic mass is 10.0. The normalized spacial score (nSPS) is 17.0. The van der Waals surface area contributed by atoms with Gasteiger partial charge in [0.15, 0.2) is 0 Å². The van der Waals surface area contributed by atoms with Gasteiger partial charge in [0, 0.05) is 38.4 Å². The van der Waals surface area contributed by atoms with E-state index in [2.05, 4.69) is 10.2 Å². The maximum atomic E-state index is 13.2. The van der Waals surface area contributed by atoms with Crippen LogP contribution in [0.1, 0.15) is 17.2 Å². The van der Waals surface area contributed by atoms with Crippen LogP contribution in [0.2, 0.25) is 5.02 Å². The molecule has 3 rings (SSSR count). The van der Waals surface area contributed by atoms with Crippen molar-refractivity contribution in [2.45, 2.75) is 12.2 Å². The summed E-state index contributed by atoms with van der Waals surface area (Å²) in [6.45, 7) is 3.22. The van der Waals surface area contributed by atoms with E-state index in [0.717, 1.165) is 17.7 Å². The number of hydrogen-bond donors (Lipinski definition) is 2. The van der Waals surface area contributed by atoms with Gasteiger partial charge in [0.1, 0.15) is 6.04 Å². The van der Waals surface area contributed by atoms with Crippen LogP contribution in [0.5, 0.6) is 0 Å². The van der Waals surface area contributed by atoms with Gasteiger partial charge in [0.05, 0.1) is 17.2 Å². The van der Waals surface area contributed by atoms with Crippen molar-refractivity contribution in [1.82, 2.24) is 9.80 Å². The number of halogens is 4. The lowest BCUT2D eigenvalue weighted by molar-refractivity contribution is -0.137. The molecule has 2 aromatic carbocycles. The monoisotopic (exact) mass is 441 g/mol. The molecule has 1 amide bonds. The molecule has 0 bridgehead atoms. The largest absolute Gasteiger partial charge is 0.417 e. The third kappa shape index (κ3) is 5.51. The summed E-state index contributed by atoms with van der Waals surface area (Å²) in [7, 11) is 0. The van der Waals surface area contributed by atoms with E-state index in [1.54, 1.807) is 0 Å². The van der Waals surface area contributed by atoms with E-state index in [1.165, 1.54) is 6.07 Å². The third-order valence-electron chi connectivity index (χ3n) is 5.09. The molecule has 0 radical (unpaired) electrons. The van der Waals surface area contributed by atoms with Crippen molar-refractivity contribution in [3.8, 4) is 0 Å². The smallest absolute Gasteiger partial charge is 0.395 e. The van der Waals surface area contributed by atoms with Gasteiger partial charge in [-0.05, 0) is 23.8 Å². The van der Waals surface area contributed by atoms with Gasteiger partial charge in [0.25, 0.3) is 0 Å². The van der Waals surface area contributed by atoms with Crippen LogP contribution in [0.25, 0.3) is 0 Å². The van der Waals surface area contributed by atoms with E-state index in [4.69, 9.17) is 16.7 Å². The fraction of sp³-hybridized carbons (Fsp3) is 0.381. The number of aliphatic hydroxyl groups excluding tert-OH is 1. The van der Waals surface area contributed by atoms with Crippen molar-refractivity contribution in [1.29, 1.82) is 0 Å². The number of carbonyl (C=O) groups excluding carboxylic acids is 1. The minimum absolute atomic E-state index is 0.0385. The molecule has 0 spiro atoms. The van der Waals surface area contributed by atoms with Crippen LogP contribution >= 0.6 is 11.6 Å². The molecule has 5 nitrogen and oxygen atoms in total. The Bertz CT molecular complexity index is 856. The summed E-state index contributed by atoms with van der Waals surface area (Å²) in [5.41, 5.74) is -0.192. The van der Waals surface area contributed by atoms with Crippen molar-refractivity contribution < 1.29 is 23.1 Å². The molecular weight excluding hydrogens is 419 g/mol. The predicted molar refractivity (Wildman–Crippen MR) is 109 cm³/mol. The highest BCUT2D eigenvalue weighted by Gasteiger charge is 2.34. The first-order valence-electron chi connectivity index (χ1n) is 9.59. The Morgan fingerprint density at radius 2 is 1.77 bits per heavy atom. The van der Waals surface area contributed by atoms with E-state index in [-0.39, 0.29) is 12.3 Å². The lowest BCUT2D eigenvalue weighted by Crippen LogP contribution is -2.50. The summed E-state index contributed by atoms with van der Waals surface area (Å²) in [6.07, 6.45) is -4.61. The number of alkyl halides is 3. The second kappa shape index (κ2) is 9.78. The van der Waals surface area contributed by atoms with Crippen LogP contribution in [-0.2, 0) is 11.0 Å². The van der Waals surface area contributed by atoms with E-state index in [0.29, 0.717) is 32.7 Å². The van der Waals surface area contributed by atoms with Gasteiger partial charge in [0.2, 0.25) is 5.91 Å². The Labute approximate surface area is 178 Å². The highest BCUT2D eigenvalue weighted by Crippen LogP contribution is 2.36. The Kier molecular flexibility index (Phi) is 7.36. The van der Waals surface area contributed by atoms with Gasteiger partial charge in [-0.3, -0.25) is 14.6 Å². The minimum Gasteiger partial charge on any atom is -0.395 e. The molecule has 9 heteroatoms. The molecule has 0 aliphatic carbocycles. The number of nitrogens with zero attached hydrogens (tertiary/aromatic N) is 2. The lowest BCUT2D eigenvalue weighted by Gasteiger charge is -2.38. The fourth-order valence-corrected chi connectivity index (χ4v) is 3.81. The van der Waals surface area contributed by atoms with Crippen molar-refractivity contribution in [2.24, 2.45) is 0 Å². The summed E-state index contributed by atoms with van der Waals surface area (Å²) in [6, 6.07) is 11.8. The number of nitrogens with one attached hydrogen (secondary N) is 1. The third-order valence-corrected chi connectivity index (χ3v) is 5.42. The van der Waals surface area contributed by atoms with Gasteiger partial charge < -0.3 is 10.4 Å². The first-order chi connectivity index (χ1) is 14.3. The molecule has 0 aromatic heterocycles. The van der Waals surface area contributed by atoms with Crippen molar-refractivity contribution in [3.05, 3.63) is 64.7 Å². The Morgan fingerprint density at radius 3 is 2.37 bits per heavy atom. The molecule has 1 heterocycles. The van der Waals surface area contributed by atoms with Gasteiger partial charge in [-0.15, -0.1) is 0 Å². The van der Waals surface area contributed by atoms with Crippen LogP contribution in [0.4, 0.5) is 18.9 Å². The standard InChI is InChI=1S/C21H23ClF3N3O2/c22-18-7-6-16(14-17(18)21(23,24)25)26-20(30)19(15-4-2-1-3-5-15)28-10-8-27(9-11-28)12-13-29/h1-7,14,19,29H,8-13H2,(H,26,30). The summed E-state index contributed by atoms with van der Waals surface area (Å²) in [5, 5.41) is 11.3. The second-order valence-corrected chi connectivity index (χ2v) is 7.50. The maximum absolute atomic E-state index is 13.2. The molecule has 1 fully saturated rings. The Balaban J connectivity index is 1.82. The number of benzene rings is 2. The summed E-state index contributed by atoms with van der Waals surface area (Å²) >= 11 is 5.67. The maximum Gasteiger partial charge on any atom is 0.417 e. The molecule has 0 saturated carbocycles. The summed E-state index contributed by atoms with van der Waals surface area (Å²) < 4.78 is 39.5. The predicted octanol–water partition coefficient (Wildman–Crippen LogP) is 3.65. The average Bonchev–Trinajstić information content (AvgIpc) is 2.71. The first-order valence-corrected chi connectivity index (χ1v) is 9.97. The highest BCUT2D eigenvalue weighted by atomic mass is 35.5. The van der Waals surface area contributed by atoms with E-state index < -0.39 is 28.7 Å². The van der Waals surface area contributed by atoms with Gasteiger partial charge in [-0.25, -0.2) is 0 Å². The van der Waals surface area contributed by atoms with Crippen molar-refractivity contribution in [2.75, 3.05) is 44.6 Å². The van der Waals surface area contributed by atoms with E-state index in [1.807, 2.05) is 35.2 Å². The van der Waals surface area contributed by atoms with Gasteiger partial charge >= 0.3 is 6.18 Å². The molecule has 1 unspecified atom stereocenters. The number of piperazine rings is 1. The molecule has 1 aliphatic rings. The molecule has 30 heavy (non-hydrogen) atoms. The molecular formula is C21H23ClF3N3O2. The number of carbonyl (C=O) groups is 1. The fourth-order valence-electron chi connectivity index (χ4n) is 3.58. The molecule has 162 valence electrons. The van der Waals surface area contributed by atoms with Crippen molar-refractivity contribution >= 4 is 23.2 Å². The minimum atomic E-state index is -4.61. The zero-order valence-electron chi connectivity index (χ0n) is 16.2.